The highest BCUT2D eigenvalue weighted by Crippen LogP contribution is 2.25. The third-order valence-electron chi connectivity index (χ3n) is 5.74. The molecule has 0 aliphatic carbocycles. The average Bonchev–Trinajstić information content (AvgIpc) is 2.73. The lowest BCUT2D eigenvalue weighted by atomic mass is 10.1. The normalized spacial score (nSPS) is 12.4. The predicted molar refractivity (Wildman–Crippen MR) is 127 cm³/mol. The van der Waals surface area contributed by atoms with Crippen LogP contribution in [0.4, 0.5) is 0 Å². The van der Waals surface area contributed by atoms with E-state index in [0.29, 0.717) is 35.6 Å². The fraction of sp³-hybridized carbons (Fsp3) is 0.423. The number of para-hydroxylation sites is 1. The SMILES string of the molecule is CCCC(=O)N(CC(C)C)C(C)c1nc2ccccc2c(=O)n1-c1ccc(C)c(C)c1. The van der Waals surface area contributed by atoms with Gasteiger partial charge in [-0.25, -0.2) is 4.98 Å². The van der Waals surface area contributed by atoms with Crippen molar-refractivity contribution in [1.29, 1.82) is 0 Å². The Morgan fingerprint density at radius 3 is 2.42 bits per heavy atom. The zero-order valence-electron chi connectivity index (χ0n) is 19.5. The second-order valence-corrected chi connectivity index (χ2v) is 8.76. The van der Waals surface area contributed by atoms with Gasteiger partial charge in [0.1, 0.15) is 5.82 Å². The molecule has 0 fully saturated rings. The first kappa shape index (κ1) is 22.7. The number of rotatable bonds is 7. The van der Waals surface area contributed by atoms with Crippen LogP contribution in [-0.4, -0.2) is 26.9 Å². The number of carbonyl (C=O) groups excluding carboxylic acids is 1. The molecule has 0 bridgehead atoms. The van der Waals surface area contributed by atoms with Crippen LogP contribution in [0.3, 0.4) is 0 Å². The van der Waals surface area contributed by atoms with Crippen molar-refractivity contribution in [3.05, 3.63) is 69.8 Å². The third kappa shape index (κ3) is 4.71. The molecule has 5 nitrogen and oxygen atoms in total. The van der Waals surface area contributed by atoms with Crippen LogP contribution in [0.5, 0.6) is 0 Å². The maximum atomic E-state index is 13.6. The second-order valence-electron chi connectivity index (χ2n) is 8.76. The molecule has 31 heavy (non-hydrogen) atoms. The number of carbonyl (C=O) groups is 1. The fourth-order valence-electron chi connectivity index (χ4n) is 3.91. The van der Waals surface area contributed by atoms with E-state index < -0.39 is 0 Å². The van der Waals surface area contributed by atoms with Crippen molar-refractivity contribution >= 4 is 16.8 Å². The molecule has 0 aliphatic rings. The highest BCUT2D eigenvalue weighted by atomic mass is 16.2. The van der Waals surface area contributed by atoms with Gasteiger partial charge in [-0.05, 0) is 68.5 Å². The van der Waals surface area contributed by atoms with Crippen molar-refractivity contribution < 1.29 is 4.79 Å². The van der Waals surface area contributed by atoms with Crippen LogP contribution in [0.15, 0.2) is 47.3 Å². The molecule has 0 spiro atoms. The van der Waals surface area contributed by atoms with Gasteiger partial charge in [-0.2, -0.15) is 0 Å². The lowest BCUT2D eigenvalue weighted by molar-refractivity contribution is -0.134. The van der Waals surface area contributed by atoms with Gasteiger partial charge in [0.15, 0.2) is 0 Å². The molecule has 3 aromatic rings. The molecule has 1 amide bonds. The van der Waals surface area contributed by atoms with E-state index in [-0.39, 0.29) is 17.5 Å². The molecule has 1 heterocycles. The molecule has 2 aromatic carbocycles. The second kappa shape index (κ2) is 9.46. The molecule has 0 aliphatic heterocycles. The molecular weight excluding hydrogens is 386 g/mol. The van der Waals surface area contributed by atoms with Gasteiger partial charge in [0.25, 0.3) is 5.56 Å². The molecule has 0 N–H and O–H groups in total. The topological polar surface area (TPSA) is 55.2 Å². The summed E-state index contributed by atoms with van der Waals surface area (Å²) in [5, 5.41) is 0.576. The Morgan fingerprint density at radius 1 is 1.06 bits per heavy atom. The molecule has 5 heteroatoms. The van der Waals surface area contributed by atoms with Crippen LogP contribution in [0.1, 0.15) is 63.5 Å². The fourth-order valence-corrected chi connectivity index (χ4v) is 3.91. The summed E-state index contributed by atoms with van der Waals surface area (Å²) >= 11 is 0. The Kier molecular flexibility index (Phi) is 6.94. The molecule has 1 aromatic heterocycles. The van der Waals surface area contributed by atoms with Gasteiger partial charge in [-0.1, -0.05) is 39.0 Å². The minimum absolute atomic E-state index is 0.0951. The third-order valence-corrected chi connectivity index (χ3v) is 5.74. The van der Waals surface area contributed by atoms with E-state index in [9.17, 15) is 9.59 Å². The maximum absolute atomic E-state index is 13.6. The van der Waals surface area contributed by atoms with E-state index >= 15 is 0 Å². The highest BCUT2D eigenvalue weighted by Gasteiger charge is 2.27. The molecule has 0 radical (unpaired) electrons. The quantitative estimate of drug-likeness (QED) is 0.519. The summed E-state index contributed by atoms with van der Waals surface area (Å²) in [6.07, 6.45) is 1.27. The molecular formula is C26H33N3O2. The van der Waals surface area contributed by atoms with E-state index in [1.54, 1.807) is 4.57 Å². The largest absolute Gasteiger partial charge is 0.333 e. The van der Waals surface area contributed by atoms with Crippen molar-refractivity contribution in [2.24, 2.45) is 5.92 Å². The Balaban J connectivity index is 2.27. The number of benzene rings is 2. The molecule has 1 unspecified atom stereocenters. The molecule has 0 saturated heterocycles. The summed E-state index contributed by atoms with van der Waals surface area (Å²) in [5.41, 5.74) is 3.60. The van der Waals surface area contributed by atoms with Crippen molar-refractivity contribution in [2.45, 2.75) is 60.4 Å². The zero-order valence-corrected chi connectivity index (χ0v) is 19.5. The van der Waals surface area contributed by atoms with Gasteiger partial charge < -0.3 is 4.90 Å². The first-order chi connectivity index (χ1) is 14.7. The van der Waals surface area contributed by atoms with Crippen LogP contribution in [-0.2, 0) is 4.79 Å². The van der Waals surface area contributed by atoms with Gasteiger partial charge in [0.05, 0.1) is 22.6 Å². The molecule has 3 rings (SSSR count). The zero-order chi connectivity index (χ0) is 22.7. The average molecular weight is 420 g/mol. The Hall–Kier alpha value is -2.95. The first-order valence-corrected chi connectivity index (χ1v) is 11.1. The predicted octanol–water partition coefficient (Wildman–Crippen LogP) is 5.35. The van der Waals surface area contributed by atoms with Crippen molar-refractivity contribution in [3.8, 4) is 5.69 Å². The minimum Gasteiger partial charge on any atom is -0.333 e. The van der Waals surface area contributed by atoms with Crippen LogP contribution in [0, 0.1) is 19.8 Å². The molecule has 164 valence electrons. The van der Waals surface area contributed by atoms with E-state index in [0.717, 1.165) is 17.7 Å². The van der Waals surface area contributed by atoms with E-state index in [2.05, 4.69) is 20.8 Å². The van der Waals surface area contributed by atoms with E-state index in [1.165, 1.54) is 5.56 Å². The molecule has 0 saturated carbocycles. The first-order valence-electron chi connectivity index (χ1n) is 11.1. The summed E-state index contributed by atoms with van der Waals surface area (Å²) in [6, 6.07) is 13.1. The highest BCUT2D eigenvalue weighted by molar-refractivity contribution is 5.79. The van der Waals surface area contributed by atoms with E-state index in [1.807, 2.05) is 68.1 Å². The van der Waals surface area contributed by atoms with Gasteiger partial charge in [0.2, 0.25) is 5.91 Å². The molecule has 1 atom stereocenters. The monoisotopic (exact) mass is 419 g/mol. The van der Waals surface area contributed by atoms with Gasteiger partial charge in [0, 0.05) is 13.0 Å². The number of hydrogen-bond donors (Lipinski definition) is 0. The maximum Gasteiger partial charge on any atom is 0.266 e. The minimum atomic E-state index is -0.333. The van der Waals surface area contributed by atoms with Crippen molar-refractivity contribution in [2.75, 3.05) is 6.54 Å². The van der Waals surface area contributed by atoms with Crippen molar-refractivity contribution in [1.82, 2.24) is 14.5 Å². The van der Waals surface area contributed by atoms with Crippen molar-refractivity contribution in [3.63, 3.8) is 0 Å². The van der Waals surface area contributed by atoms with Crippen LogP contribution < -0.4 is 5.56 Å². The number of amides is 1. The Bertz CT molecular complexity index is 1150. The van der Waals surface area contributed by atoms with Crippen LogP contribution in [0.25, 0.3) is 16.6 Å². The summed E-state index contributed by atoms with van der Waals surface area (Å²) < 4.78 is 1.69. The number of aryl methyl sites for hydroxylation is 2. The van der Waals surface area contributed by atoms with Crippen LogP contribution in [0.2, 0.25) is 0 Å². The standard InChI is InChI=1S/C26H33N3O2/c1-7-10-24(30)28(16-17(2)3)20(6)25-27-23-12-9-8-11-22(23)26(31)29(25)21-14-13-18(4)19(5)15-21/h8-9,11-15,17,20H,7,10,16H2,1-6H3. The smallest absolute Gasteiger partial charge is 0.266 e. The van der Waals surface area contributed by atoms with Gasteiger partial charge in [-0.15, -0.1) is 0 Å². The lowest BCUT2D eigenvalue weighted by Crippen LogP contribution is -2.39. The number of nitrogens with zero attached hydrogens (tertiary/aromatic N) is 3. The summed E-state index contributed by atoms with van der Waals surface area (Å²) in [4.78, 5) is 33.4. The van der Waals surface area contributed by atoms with Gasteiger partial charge in [-0.3, -0.25) is 14.2 Å². The van der Waals surface area contributed by atoms with Crippen LogP contribution >= 0.6 is 0 Å². The number of aromatic nitrogens is 2. The van der Waals surface area contributed by atoms with Gasteiger partial charge >= 0.3 is 0 Å². The Morgan fingerprint density at radius 2 is 1.77 bits per heavy atom. The summed E-state index contributed by atoms with van der Waals surface area (Å²) in [6.45, 7) is 12.9. The summed E-state index contributed by atoms with van der Waals surface area (Å²) in [7, 11) is 0. The Labute approximate surface area is 184 Å². The summed E-state index contributed by atoms with van der Waals surface area (Å²) in [5.74, 6) is 1.00. The lowest BCUT2D eigenvalue weighted by Gasteiger charge is -2.32. The number of hydrogen-bond acceptors (Lipinski definition) is 3. The van der Waals surface area contributed by atoms with E-state index in [4.69, 9.17) is 4.98 Å². The number of fused-ring (bicyclic) bond motifs is 1.